The first-order valence-corrected chi connectivity index (χ1v) is 11.6. The lowest BCUT2D eigenvalue weighted by Crippen LogP contribution is -2.58. The molecule has 1 saturated heterocycles. The van der Waals surface area contributed by atoms with Gasteiger partial charge in [0.1, 0.15) is 6.61 Å². The summed E-state index contributed by atoms with van der Waals surface area (Å²) in [6.07, 6.45) is 2.72. The van der Waals surface area contributed by atoms with Gasteiger partial charge >= 0.3 is 12.1 Å². The summed E-state index contributed by atoms with van der Waals surface area (Å²) in [5, 5.41) is 11.9. The van der Waals surface area contributed by atoms with Gasteiger partial charge in [-0.05, 0) is 35.1 Å². The van der Waals surface area contributed by atoms with Crippen LogP contribution in [0.5, 0.6) is 0 Å². The van der Waals surface area contributed by atoms with Crippen molar-refractivity contribution in [1.82, 2.24) is 10.2 Å². The van der Waals surface area contributed by atoms with E-state index in [1.807, 2.05) is 24.3 Å². The van der Waals surface area contributed by atoms with Gasteiger partial charge in [-0.1, -0.05) is 61.4 Å². The van der Waals surface area contributed by atoms with Gasteiger partial charge in [0.05, 0.1) is 11.3 Å². The molecule has 1 aliphatic heterocycles. The molecule has 0 unspecified atom stereocenters. The molecule has 33 heavy (non-hydrogen) atoms. The van der Waals surface area contributed by atoms with E-state index in [-0.39, 0.29) is 38.1 Å². The standard InChI is InChI=1S/C26H28N2O5/c29-23(30)17-13-28(14-17)24(31)26(11-5-6-12-26)16-27-25(32)33-15-22-20-9-3-1-7-18(20)19-8-2-4-10-21(19)22/h1-4,7-10,17,22H,5-6,11-16H2,(H,27,32)(H,29,30). The number of rotatable bonds is 6. The smallest absolute Gasteiger partial charge is 0.407 e. The molecule has 0 atom stereocenters. The minimum Gasteiger partial charge on any atom is -0.481 e. The molecule has 2 N–H and O–H groups in total. The second kappa shape index (κ2) is 8.54. The fraction of sp³-hybridized carbons (Fsp3) is 0.423. The van der Waals surface area contributed by atoms with E-state index in [1.165, 1.54) is 11.1 Å². The highest BCUT2D eigenvalue weighted by Gasteiger charge is 2.48. The molecule has 2 amide bonds. The van der Waals surface area contributed by atoms with Crippen molar-refractivity contribution in [3.05, 3.63) is 59.7 Å². The molecule has 0 aromatic heterocycles. The van der Waals surface area contributed by atoms with Gasteiger partial charge in [0.25, 0.3) is 0 Å². The number of hydrogen-bond acceptors (Lipinski definition) is 4. The van der Waals surface area contributed by atoms with E-state index in [9.17, 15) is 14.4 Å². The largest absolute Gasteiger partial charge is 0.481 e. The van der Waals surface area contributed by atoms with Crippen LogP contribution in [0, 0.1) is 11.3 Å². The van der Waals surface area contributed by atoms with Crippen molar-refractivity contribution in [1.29, 1.82) is 0 Å². The molecule has 1 heterocycles. The Kier molecular flexibility index (Phi) is 5.56. The highest BCUT2D eigenvalue weighted by molar-refractivity contribution is 5.86. The maximum atomic E-state index is 13.1. The Hall–Kier alpha value is -3.35. The van der Waals surface area contributed by atoms with Crippen molar-refractivity contribution in [2.45, 2.75) is 31.6 Å². The number of carbonyl (C=O) groups excluding carboxylic acids is 2. The molecule has 2 aliphatic carbocycles. The molecular formula is C26H28N2O5. The molecule has 0 spiro atoms. The third-order valence-electron chi connectivity index (χ3n) is 7.45. The topological polar surface area (TPSA) is 95.9 Å². The van der Waals surface area contributed by atoms with Crippen LogP contribution in [0.3, 0.4) is 0 Å². The molecular weight excluding hydrogens is 420 g/mol. The molecule has 2 aromatic carbocycles. The van der Waals surface area contributed by atoms with E-state index in [1.54, 1.807) is 4.90 Å². The molecule has 2 fully saturated rings. The number of aliphatic carboxylic acids is 1. The summed E-state index contributed by atoms with van der Waals surface area (Å²) in [6, 6.07) is 16.4. The van der Waals surface area contributed by atoms with E-state index in [0.717, 1.165) is 24.0 Å². The normalized spacial score (nSPS) is 18.8. The van der Waals surface area contributed by atoms with Crippen LogP contribution >= 0.6 is 0 Å². The number of alkyl carbamates (subject to hydrolysis) is 1. The number of nitrogens with one attached hydrogen (secondary N) is 1. The van der Waals surface area contributed by atoms with Crippen LogP contribution in [0.4, 0.5) is 4.79 Å². The van der Waals surface area contributed by atoms with Crippen molar-refractivity contribution in [3.8, 4) is 11.1 Å². The zero-order valence-corrected chi connectivity index (χ0v) is 18.5. The van der Waals surface area contributed by atoms with Crippen molar-refractivity contribution < 1.29 is 24.2 Å². The van der Waals surface area contributed by atoms with Crippen LogP contribution in [-0.4, -0.2) is 54.2 Å². The number of nitrogens with zero attached hydrogens (tertiary/aromatic N) is 1. The number of hydrogen-bond donors (Lipinski definition) is 2. The Labute approximate surface area is 192 Å². The average Bonchev–Trinajstić information content (AvgIpc) is 3.39. The predicted molar refractivity (Wildman–Crippen MR) is 122 cm³/mol. The first-order chi connectivity index (χ1) is 16.0. The summed E-state index contributed by atoms with van der Waals surface area (Å²) in [4.78, 5) is 38.4. The average molecular weight is 449 g/mol. The molecule has 2 aromatic rings. The monoisotopic (exact) mass is 448 g/mol. The third kappa shape index (κ3) is 3.86. The lowest BCUT2D eigenvalue weighted by atomic mass is 9.82. The van der Waals surface area contributed by atoms with Gasteiger partial charge in [-0.25, -0.2) is 4.79 Å². The van der Waals surface area contributed by atoms with Crippen LogP contribution in [0.2, 0.25) is 0 Å². The molecule has 7 nitrogen and oxygen atoms in total. The molecule has 0 bridgehead atoms. The van der Waals surface area contributed by atoms with Gasteiger partial charge in [0.15, 0.2) is 0 Å². The summed E-state index contributed by atoms with van der Waals surface area (Å²) in [7, 11) is 0. The number of fused-ring (bicyclic) bond motifs is 3. The Bertz CT molecular complexity index is 1040. The van der Waals surface area contributed by atoms with Crippen molar-refractivity contribution in [2.24, 2.45) is 11.3 Å². The fourth-order valence-electron chi connectivity index (χ4n) is 5.54. The zero-order chi connectivity index (χ0) is 23.0. The molecule has 0 radical (unpaired) electrons. The summed E-state index contributed by atoms with van der Waals surface area (Å²) in [5.41, 5.74) is 3.99. The number of ether oxygens (including phenoxy) is 1. The van der Waals surface area contributed by atoms with Crippen LogP contribution in [0.25, 0.3) is 11.1 Å². The first kappa shape index (κ1) is 21.5. The lowest BCUT2D eigenvalue weighted by Gasteiger charge is -2.42. The molecule has 7 heteroatoms. The maximum Gasteiger partial charge on any atom is 0.407 e. The van der Waals surface area contributed by atoms with Gasteiger partial charge in [0.2, 0.25) is 5.91 Å². The molecule has 5 rings (SSSR count). The number of carbonyl (C=O) groups is 3. The van der Waals surface area contributed by atoms with Gasteiger partial charge < -0.3 is 20.1 Å². The summed E-state index contributed by atoms with van der Waals surface area (Å²) >= 11 is 0. The molecule has 172 valence electrons. The zero-order valence-electron chi connectivity index (χ0n) is 18.5. The Morgan fingerprint density at radius 3 is 2.12 bits per heavy atom. The Morgan fingerprint density at radius 2 is 1.55 bits per heavy atom. The first-order valence-electron chi connectivity index (χ1n) is 11.6. The number of benzene rings is 2. The summed E-state index contributed by atoms with van der Waals surface area (Å²) in [6.45, 7) is 0.950. The summed E-state index contributed by atoms with van der Waals surface area (Å²) in [5.74, 6) is -1.41. The van der Waals surface area contributed by atoms with Gasteiger partial charge in [-0.3, -0.25) is 9.59 Å². The van der Waals surface area contributed by atoms with Crippen LogP contribution < -0.4 is 5.32 Å². The Balaban J connectivity index is 1.20. The minimum atomic E-state index is -0.865. The number of carboxylic acid groups (broad SMARTS) is 1. The summed E-state index contributed by atoms with van der Waals surface area (Å²) < 4.78 is 5.62. The Morgan fingerprint density at radius 1 is 0.970 bits per heavy atom. The SMILES string of the molecule is O=C(NCC1(C(=O)N2CC(C(=O)O)C2)CCCC1)OCC1c2ccccc2-c2ccccc21. The maximum absolute atomic E-state index is 13.1. The van der Waals surface area contributed by atoms with E-state index in [2.05, 4.69) is 29.6 Å². The van der Waals surface area contributed by atoms with Crippen molar-refractivity contribution >= 4 is 18.0 Å². The van der Waals surface area contributed by atoms with Crippen molar-refractivity contribution in [3.63, 3.8) is 0 Å². The highest BCUT2D eigenvalue weighted by atomic mass is 16.5. The minimum absolute atomic E-state index is 0.0146. The number of carboxylic acids is 1. The fourth-order valence-corrected chi connectivity index (χ4v) is 5.54. The van der Waals surface area contributed by atoms with E-state index in [0.29, 0.717) is 12.8 Å². The van der Waals surface area contributed by atoms with E-state index in [4.69, 9.17) is 9.84 Å². The van der Waals surface area contributed by atoms with Crippen molar-refractivity contribution in [2.75, 3.05) is 26.2 Å². The quantitative estimate of drug-likeness (QED) is 0.704. The second-order valence-corrected chi connectivity index (χ2v) is 9.41. The van der Waals surface area contributed by atoms with Crippen LogP contribution in [0.1, 0.15) is 42.7 Å². The number of amides is 2. The van der Waals surface area contributed by atoms with E-state index >= 15 is 0 Å². The molecule has 1 saturated carbocycles. The van der Waals surface area contributed by atoms with Crippen LogP contribution in [-0.2, 0) is 14.3 Å². The van der Waals surface area contributed by atoms with E-state index < -0.39 is 23.4 Å². The van der Waals surface area contributed by atoms with Gasteiger partial charge in [-0.2, -0.15) is 0 Å². The van der Waals surface area contributed by atoms with Gasteiger partial charge in [0, 0.05) is 25.6 Å². The van der Waals surface area contributed by atoms with Gasteiger partial charge in [-0.15, -0.1) is 0 Å². The lowest BCUT2D eigenvalue weighted by molar-refractivity contribution is -0.157. The second-order valence-electron chi connectivity index (χ2n) is 9.41. The number of likely N-dealkylation sites (tertiary alicyclic amines) is 1. The highest BCUT2D eigenvalue weighted by Crippen LogP contribution is 2.44. The van der Waals surface area contributed by atoms with Crippen LogP contribution in [0.15, 0.2) is 48.5 Å². The third-order valence-corrected chi connectivity index (χ3v) is 7.45. The molecule has 3 aliphatic rings. The predicted octanol–water partition coefficient (Wildman–Crippen LogP) is 3.63.